The Hall–Kier alpha value is -1.28. The zero-order chi connectivity index (χ0) is 12.6. The molecule has 0 aromatic carbocycles. The molecule has 1 N–H and O–H groups in total. The molecule has 2 aromatic rings. The third kappa shape index (κ3) is 4.19. The van der Waals surface area contributed by atoms with Crippen molar-refractivity contribution in [1.82, 2.24) is 4.98 Å². The molecule has 0 unspecified atom stereocenters. The molecule has 0 aliphatic carbocycles. The van der Waals surface area contributed by atoms with E-state index in [0.717, 1.165) is 10.6 Å². The highest BCUT2D eigenvalue weighted by Crippen LogP contribution is 2.26. The van der Waals surface area contributed by atoms with Crippen LogP contribution in [0.5, 0.6) is 0 Å². The minimum Gasteiger partial charge on any atom is -0.395 e. The number of nitrogens with zero attached hydrogens (tertiary/aromatic N) is 1. The fraction of sp³-hybridized carbons (Fsp3) is 0.214. The molecule has 0 bridgehead atoms. The predicted octanol–water partition coefficient (Wildman–Crippen LogP) is 3.17. The molecule has 2 nitrogen and oxygen atoms in total. The van der Waals surface area contributed by atoms with Crippen molar-refractivity contribution in [3.63, 3.8) is 0 Å². The summed E-state index contributed by atoms with van der Waals surface area (Å²) >= 11 is 3.51. The van der Waals surface area contributed by atoms with Crippen molar-refractivity contribution in [1.29, 1.82) is 0 Å². The van der Waals surface area contributed by atoms with E-state index < -0.39 is 0 Å². The fourth-order valence-corrected chi connectivity index (χ4v) is 3.13. The van der Waals surface area contributed by atoms with Gasteiger partial charge in [-0.25, -0.2) is 0 Å². The van der Waals surface area contributed by atoms with Crippen molar-refractivity contribution in [2.45, 2.75) is 17.1 Å². The first-order valence-corrected chi connectivity index (χ1v) is 7.40. The highest BCUT2D eigenvalue weighted by Gasteiger charge is 1.99. The third-order valence-electron chi connectivity index (χ3n) is 2.14. The van der Waals surface area contributed by atoms with Crippen LogP contribution < -0.4 is 0 Å². The molecule has 0 aliphatic heterocycles. The van der Waals surface area contributed by atoms with Crippen molar-refractivity contribution in [3.8, 4) is 11.8 Å². The predicted molar refractivity (Wildman–Crippen MR) is 76.7 cm³/mol. The maximum Gasteiger partial charge on any atom is 0.0771 e. The van der Waals surface area contributed by atoms with Gasteiger partial charge in [0.2, 0.25) is 0 Å². The average Bonchev–Trinajstić information content (AvgIpc) is 2.86. The van der Waals surface area contributed by atoms with Crippen LogP contribution in [0.15, 0.2) is 41.6 Å². The Labute approximate surface area is 115 Å². The van der Waals surface area contributed by atoms with Gasteiger partial charge in [0, 0.05) is 34.3 Å². The maximum absolute atomic E-state index is 8.65. The van der Waals surface area contributed by atoms with Crippen LogP contribution in [-0.4, -0.2) is 16.7 Å². The number of aliphatic hydroxyl groups is 1. The first kappa shape index (κ1) is 13.2. The Morgan fingerprint density at radius 3 is 2.83 bits per heavy atom. The number of hydrogen-bond acceptors (Lipinski definition) is 4. The molecular formula is C14H13NOS2. The third-order valence-corrected chi connectivity index (χ3v) is 4.39. The van der Waals surface area contributed by atoms with Crippen LogP contribution in [-0.2, 0) is 5.75 Å². The lowest BCUT2D eigenvalue weighted by molar-refractivity contribution is 0.305. The molecule has 2 heterocycles. The Kier molecular flexibility index (Phi) is 5.28. The van der Waals surface area contributed by atoms with Crippen molar-refractivity contribution in [2.24, 2.45) is 0 Å². The second-order valence-electron chi connectivity index (χ2n) is 3.51. The van der Waals surface area contributed by atoms with Gasteiger partial charge in [-0.3, -0.25) is 4.98 Å². The second kappa shape index (κ2) is 7.22. The molecule has 0 saturated carbocycles. The minimum absolute atomic E-state index is 0.128. The lowest BCUT2D eigenvalue weighted by atomic mass is 10.4. The molecule has 0 aliphatic rings. The molecule has 4 heteroatoms. The number of thiophene rings is 1. The zero-order valence-electron chi connectivity index (χ0n) is 9.80. The van der Waals surface area contributed by atoms with E-state index in [0.29, 0.717) is 6.42 Å². The zero-order valence-corrected chi connectivity index (χ0v) is 11.4. The summed E-state index contributed by atoms with van der Waals surface area (Å²) in [6, 6.07) is 8.18. The monoisotopic (exact) mass is 275 g/mol. The summed E-state index contributed by atoms with van der Waals surface area (Å²) in [5.41, 5.74) is 0. The Morgan fingerprint density at radius 2 is 2.06 bits per heavy atom. The summed E-state index contributed by atoms with van der Waals surface area (Å²) in [4.78, 5) is 7.60. The van der Waals surface area contributed by atoms with Crippen molar-refractivity contribution in [2.75, 3.05) is 6.61 Å². The highest BCUT2D eigenvalue weighted by molar-refractivity contribution is 7.98. The number of aliphatic hydroxyl groups excluding tert-OH is 1. The molecule has 0 radical (unpaired) electrons. The Balaban J connectivity index is 1.90. The van der Waals surface area contributed by atoms with Crippen molar-refractivity contribution in [3.05, 3.63) is 46.4 Å². The number of hydrogen-bond donors (Lipinski definition) is 1. The van der Waals surface area contributed by atoms with Crippen LogP contribution >= 0.6 is 23.1 Å². The molecule has 0 fully saturated rings. The number of pyridine rings is 1. The van der Waals surface area contributed by atoms with Gasteiger partial charge < -0.3 is 5.11 Å². The van der Waals surface area contributed by atoms with Gasteiger partial charge in [-0.2, -0.15) is 0 Å². The topological polar surface area (TPSA) is 33.1 Å². The summed E-state index contributed by atoms with van der Waals surface area (Å²) in [6.45, 7) is 0.128. The van der Waals surface area contributed by atoms with Crippen LogP contribution in [0, 0.1) is 11.8 Å². The van der Waals surface area contributed by atoms with E-state index >= 15 is 0 Å². The molecule has 0 spiro atoms. The average molecular weight is 275 g/mol. The minimum atomic E-state index is 0.128. The van der Waals surface area contributed by atoms with Crippen LogP contribution in [0.2, 0.25) is 0 Å². The molecule has 2 rings (SSSR count). The van der Waals surface area contributed by atoms with E-state index in [9.17, 15) is 0 Å². The molecule has 0 amide bonds. The summed E-state index contributed by atoms with van der Waals surface area (Å²) in [7, 11) is 0. The van der Waals surface area contributed by atoms with Crippen molar-refractivity contribution < 1.29 is 5.11 Å². The van der Waals surface area contributed by atoms with Crippen LogP contribution in [0.1, 0.15) is 16.2 Å². The number of rotatable bonds is 4. The first-order valence-electron chi connectivity index (χ1n) is 5.60. The molecule has 0 saturated heterocycles. The van der Waals surface area contributed by atoms with Gasteiger partial charge in [-0.05, 0) is 24.3 Å². The van der Waals surface area contributed by atoms with Crippen molar-refractivity contribution >= 4 is 23.1 Å². The van der Waals surface area contributed by atoms with E-state index in [2.05, 4.69) is 22.9 Å². The van der Waals surface area contributed by atoms with E-state index in [1.54, 1.807) is 23.1 Å². The highest BCUT2D eigenvalue weighted by atomic mass is 32.2. The van der Waals surface area contributed by atoms with E-state index in [1.165, 1.54) is 9.77 Å². The standard InChI is InChI=1S/C14H13NOS2/c16-10-2-1-3-13-4-5-14(18-13)11-17-12-6-8-15-9-7-12/h4-9,16H,2,10-11H2. The van der Waals surface area contributed by atoms with E-state index in [4.69, 9.17) is 5.11 Å². The Bertz CT molecular complexity index is 540. The quantitative estimate of drug-likeness (QED) is 0.687. The molecule has 0 atom stereocenters. The Morgan fingerprint density at radius 1 is 1.22 bits per heavy atom. The van der Waals surface area contributed by atoms with Gasteiger partial charge in [-0.1, -0.05) is 11.8 Å². The number of thioether (sulfide) groups is 1. The van der Waals surface area contributed by atoms with E-state index in [-0.39, 0.29) is 6.61 Å². The summed E-state index contributed by atoms with van der Waals surface area (Å²) in [6.07, 6.45) is 4.16. The summed E-state index contributed by atoms with van der Waals surface area (Å²) < 4.78 is 0. The normalized spacial score (nSPS) is 9.83. The SMILES string of the molecule is OCCC#Cc1ccc(CSc2ccncc2)s1. The van der Waals surface area contributed by atoms with Gasteiger partial charge in [-0.15, -0.1) is 23.1 Å². The lowest BCUT2D eigenvalue weighted by Gasteiger charge is -1.97. The van der Waals surface area contributed by atoms with Crippen LogP contribution in [0.3, 0.4) is 0 Å². The summed E-state index contributed by atoms with van der Waals surface area (Å²) in [5, 5.41) is 8.65. The second-order valence-corrected chi connectivity index (χ2v) is 5.73. The molecular weight excluding hydrogens is 262 g/mol. The molecule has 2 aromatic heterocycles. The van der Waals surface area contributed by atoms with Gasteiger partial charge in [0.05, 0.1) is 11.5 Å². The van der Waals surface area contributed by atoms with Gasteiger partial charge in [0.25, 0.3) is 0 Å². The first-order chi connectivity index (χ1) is 8.88. The smallest absolute Gasteiger partial charge is 0.0771 e. The van der Waals surface area contributed by atoms with E-state index in [1.807, 2.05) is 30.6 Å². The van der Waals surface area contributed by atoms with Crippen LogP contribution in [0.25, 0.3) is 0 Å². The fourth-order valence-electron chi connectivity index (χ4n) is 1.32. The molecule has 92 valence electrons. The van der Waals surface area contributed by atoms with Gasteiger partial charge in [0.1, 0.15) is 0 Å². The summed E-state index contributed by atoms with van der Waals surface area (Å²) in [5.74, 6) is 6.94. The maximum atomic E-state index is 8.65. The lowest BCUT2D eigenvalue weighted by Crippen LogP contribution is -1.75. The number of aromatic nitrogens is 1. The van der Waals surface area contributed by atoms with Gasteiger partial charge in [0.15, 0.2) is 0 Å². The molecule has 18 heavy (non-hydrogen) atoms. The van der Waals surface area contributed by atoms with Gasteiger partial charge >= 0.3 is 0 Å². The van der Waals surface area contributed by atoms with Crippen LogP contribution in [0.4, 0.5) is 0 Å². The largest absolute Gasteiger partial charge is 0.395 e.